The fourth-order valence-electron chi connectivity index (χ4n) is 2.98. The van der Waals surface area contributed by atoms with Gasteiger partial charge in [0.1, 0.15) is 11.6 Å². The van der Waals surface area contributed by atoms with Crippen molar-refractivity contribution in [3.63, 3.8) is 0 Å². The van der Waals surface area contributed by atoms with Crippen LogP contribution in [0.2, 0.25) is 0 Å². The van der Waals surface area contributed by atoms with Crippen molar-refractivity contribution in [3.8, 4) is 0 Å². The van der Waals surface area contributed by atoms with Crippen LogP contribution in [0.5, 0.6) is 0 Å². The second-order valence-electron chi connectivity index (χ2n) is 5.09. The lowest BCUT2D eigenvalue weighted by Crippen LogP contribution is -2.30. The molecule has 2 unspecified atom stereocenters. The summed E-state index contributed by atoms with van der Waals surface area (Å²) in [7, 11) is 0. The maximum absolute atomic E-state index is 4.42. The standard InChI is InChI=1S/C12H20N4/c1-9-5-4-7-11-14-15-12(16(9)11)10-6-2-3-8-13-10/h9-10,13H,2-8H2,1H3. The second kappa shape index (κ2) is 4.17. The lowest BCUT2D eigenvalue weighted by atomic mass is 10.0. The van der Waals surface area contributed by atoms with Crippen LogP contribution < -0.4 is 5.32 Å². The van der Waals surface area contributed by atoms with Crippen molar-refractivity contribution in [1.82, 2.24) is 20.1 Å². The van der Waals surface area contributed by atoms with Gasteiger partial charge in [-0.05, 0) is 39.2 Å². The minimum Gasteiger partial charge on any atom is -0.311 e. The Hall–Kier alpha value is -0.900. The van der Waals surface area contributed by atoms with E-state index in [1.54, 1.807) is 0 Å². The Balaban J connectivity index is 1.91. The lowest BCUT2D eigenvalue weighted by molar-refractivity contribution is 0.352. The van der Waals surface area contributed by atoms with E-state index in [0.717, 1.165) is 13.0 Å². The minimum atomic E-state index is 0.440. The smallest absolute Gasteiger partial charge is 0.150 e. The summed E-state index contributed by atoms with van der Waals surface area (Å²) in [5.74, 6) is 2.38. The van der Waals surface area contributed by atoms with Gasteiger partial charge in [0, 0.05) is 12.5 Å². The molecule has 1 N–H and O–H groups in total. The average Bonchev–Trinajstić information content (AvgIpc) is 2.75. The Morgan fingerprint density at radius 2 is 2.12 bits per heavy atom. The molecule has 88 valence electrons. The molecular weight excluding hydrogens is 200 g/mol. The highest BCUT2D eigenvalue weighted by Gasteiger charge is 2.27. The molecule has 2 aliphatic rings. The number of aromatic nitrogens is 3. The van der Waals surface area contributed by atoms with Gasteiger partial charge in [0.2, 0.25) is 0 Å². The molecule has 0 bridgehead atoms. The van der Waals surface area contributed by atoms with Gasteiger partial charge in [-0.25, -0.2) is 0 Å². The predicted octanol–water partition coefficient (Wildman–Crippen LogP) is 1.99. The molecular formula is C12H20N4. The molecule has 16 heavy (non-hydrogen) atoms. The van der Waals surface area contributed by atoms with Crippen LogP contribution in [0.4, 0.5) is 0 Å². The molecule has 0 spiro atoms. The zero-order valence-corrected chi connectivity index (χ0v) is 9.95. The molecule has 1 aromatic rings. The molecule has 0 amide bonds. The molecule has 4 heteroatoms. The second-order valence-corrected chi connectivity index (χ2v) is 5.09. The van der Waals surface area contributed by atoms with Crippen molar-refractivity contribution >= 4 is 0 Å². The quantitative estimate of drug-likeness (QED) is 0.787. The van der Waals surface area contributed by atoms with E-state index in [1.165, 1.54) is 43.8 Å². The van der Waals surface area contributed by atoms with E-state index in [9.17, 15) is 0 Å². The van der Waals surface area contributed by atoms with Gasteiger partial charge < -0.3 is 9.88 Å². The Bertz CT molecular complexity index is 365. The first kappa shape index (κ1) is 10.3. The van der Waals surface area contributed by atoms with Crippen molar-refractivity contribution in [1.29, 1.82) is 0 Å². The summed E-state index contributed by atoms with van der Waals surface area (Å²) >= 11 is 0. The summed E-state index contributed by atoms with van der Waals surface area (Å²) in [4.78, 5) is 0. The molecule has 0 radical (unpaired) electrons. The predicted molar refractivity (Wildman–Crippen MR) is 62.3 cm³/mol. The highest BCUT2D eigenvalue weighted by molar-refractivity contribution is 5.06. The molecule has 0 aromatic carbocycles. The number of nitrogens with one attached hydrogen (secondary N) is 1. The SMILES string of the molecule is CC1CCCc2nnc(C3CCCCN3)n21. The Morgan fingerprint density at radius 1 is 1.19 bits per heavy atom. The van der Waals surface area contributed by atoms with Gasteiger partial charge in [0.05, 0.1) is 6.04 Å². The van der Waals surface area contributed by atoms with Crippen LogP contribution in [-0.2, 0) is 6.42 Å². The first-order valence-corrected chi connectivity index (χ1v) is 6.53. The van der Waals surface area contributed by atoms with E-state index >= 15 is 0 Å². The lowest BCUT2D eigenvalue weighted by Gasteiger charge is -2.28. The van der Waals surface area contributed by atoms with Gasteiger partial charge in [0.15, 0.2) is 0 Å². The van der Waals surface area contributed by atoms with Crippen LogP contribution in [-0.4, -0.2) is 21.3 Å². The number of hydrogen-bond acceptors (Lipinski definition) is 3. The summed E-state index contributed by atoms with van der Waals surface area (Å²) in [5.41, 5.74) is 0. The zero-order chi connectivity index (χ0) is 11.0. The van der Waals surface area contributed by atoms with E-state index in [0.29, 0.717) is 12.1 Å². The summed E-state index contributed by atoms with van der Waals surface area (Å²) in [6.07, 6.45) is 7.46. The first-order valence-electron chi connectivity index (χ1n) is 6.53. The molecule has 2 atom stereocenters. The van der Waals surface area contributed by atoms with Crippen molar-refractivity contribution in [2.75, 3.05) is 6.54 Å². The van der Waals surface area contributed by atoms with Gasteiger partial charge in [-0.2, -0.15) is 0 Å². The molecule has 4 nitrogen and oxygen atoms in total. The van der Waals surface area contributed by atoms with E-state index in [-0.39, 0.29) is 0 Å². The van der Waals surface area contributed by atoms with Crippen molar-refractivity contribution in [2.24, 2.45) is 0 Å². The van der Waals surface area contributed by atoms with Crippen LogP contribution >= 0.6 is 0 Å². The van der Waals surface area contributed by atoms with Gasteiger partial charge in [-0.1, -0.05) is 6.42 Å². The third-order valence-electron chi connectivity index (χ3n) is 3.88. The Kier molecular flexibility index (Phi) is 2.67. The van der Waals surface area contributed by atoms with Crippen LogP contribution in [0.1, 0.15) is 62.8 Å². The summed E-state index contributed by atoms with van der Waals surface area (Å²) in [5, 5.41) is 12.3. The highest BCUT2D eigenvalue weighted by atomic mass is 15.3. The fourth-order valence-corrected chi connectivity index (χ4v) is 2.98. The zero-order valence-electron chi connectivity index (χ0n) is 9.95. The van der Waals surface area contributed by atoms with Crippen LogP contribution in [0.25, 0.3) is 0 Å². The van der Waals surface area contributed by atoms with Crippen molar-refractivity contribution < 1.29 is 0 Å². The van der Waals surface area contributed by atoms with Crippen LogP contribution in [0, 0.1) is 0 Å². The Morgan fingerprint density at radius 3 is 2.94 bits per heavy atom. The molecule has 3 rings (SSSR count). The van der Waals surface area contributed by atoms with Crippen LogP contribution in [0.3, 0.4) is 0 Å². The Labute approximate surface area is 96.4 Å². The van der Waals surface area contributed by atoms with E-state index in [1.807, 2.05) is 0 Å². The monoisotopic (exact) mass is 220 g/mol. The summed E-state index contributed by atoms with van der Waals surface area (Å²) in [6.45, 7) is 3.42. The maximum atomic E-state index is 4.42. The van der Waals surface area contributed by atoms with E-state index in [2.05, 4.69) is 27.0 Å². The van der Waals surface area contributed by atoms with Gasteiger partial charge in [-0.15, -0.1) is 10.2 Å². The summed E-state index contributed by atoms with van der Waals surface area (Å²) in [6, 6.07) is 1.02. The largest absolute Gasteiger partial charge is 0.311 e. The number of fused-ring (bicyclic) bond motifs is 1. The van der Waals surface area contributed by atoms with Crippen LogP contribution in [0.15, 0.2) is 0 Å². The summed E-state index contributed by atoms with van der Waals surface area (Å²) < 4.78 is 2.38. The highest BCUT2D eigenvalue weighted by Crippen LogP contribution is 2.29. The maximum Gasteiger partial charge on any atom is 0.150 e. The third-order valence-corrected chi connectivity index (χ3v) is 3.88. The third kappa shape index (κ3) is 1.65. The number of piperidine rings is 1. The minimum absolute atomic E-state index is 0.440. The topological polar surface area (TPSA) is 42.7 Å². The molecule has 3 heterocycles. The normalized spacial score (nSPS) is 30.1. The fraction of sp³-hybridized carbons (Fsp3) is 0.833. The molecule has 1 aromatic heterocycles. The number of aryl methyl sites for hydroxylation is 1. The molecule has 0 aliphatic carbocycles. The molecule has 2 aliphatic heterocycles. The molecule has 1 saturated heterocycles. The number of hydrogen-bond donors (Lipinski definition) is 1. The molecule has 0 saturated carbocycles. The van der Waals surface area contributed by atoms with E-state index in [4.69, 9.17) is 0 Å². The van der Waals surface area contributed by atoms with E-state index < -0.39 is 0 Å². The van der Waals surface area contributed by atoms with Gasteiger partial charge in [-0.3, -0.25) is 0 Å². The molecule has 1 fully saturated rings. The van der Waals surface area contributed by atoms with Crippen molar-refractivity contribution in [3.05, 3.63) is 11.6 Å². The van der Waals surface area contributed by atoms with Gasteiger partial charge in [0.25, 0.3) is 0 Å². The first-order chi connectivity index (χ1) is 7.86. The average molecular weight is 220 g/mol. The number of rotatable bonds is 1. The number of nitrogens with zero attached hydrogens (tertiary/aromatic N) is 3. The van der Waals surface area contributed by atoms with Gasteiger partial charge >= 0.3 is 0 Å². The van der Waals surface area contributed by atoms with Crippen molar-refractivity contribution in [2.45, 2.75) is 57.5 Å².